The molecule has 0 aromatic heterocycles. The SMILES string of the molecule is CCCC(=O)Nc1cccc(NCC(=O)Nc2cccc(OCC3CCCO3)c2)c1. The van der Waals surface area contributed by atoms with Gasteiger partial charge in [0.2, 0.25) is 11.8 Å². The van der Waals surface area contributed by atoms with Crippen molar-refractivity contribution in [2.24, 2.45) is 0 Å². The van der Waals surface area contributed by atoms with Gasteiger partial charge >= 0.3 is 0 Å². The predicted molar refractivity (Wildman–Crippen MR) is 118 cm³/mol. The third-order valence-electron chi connectivity index (χ3n) is 4.65. The Labute approximate surface area is 177 Å². The zero-order valence-corrected chi connectivity index (χ0v) is 17.3. The average molecular weight is 412 g/mol. The highest BCUT2D eigenvalue weighted by Gasteiger charge is 2.16. The molecule has 7 heteroatoms. The highest BCUT2D eigenvalue weighted by molar-refractivity contribution is 5.94. The van der Waals surface area contributed by atoms with Crippen molar-refractivity contribution in [2.75, 3.05) is 35.7 Å². The second-order valence-corrected chi connectivity index (χ2v) is 7.25. The number of ether oxygens (including phenoxy) is 2. The van der Waals surface area contributed by atoms with Crippen LogP contribution in [0.15, 0.2) is 48.5 Å². The third kappa shape index (κ3) is 7.08. The summed E-state index contributed by atoms with van der Waals surface area (Å²) in [6.07, 6.45) is 3.52. The molecule has 2 aromatic carbocycles. The first-order valence-corrected chi connectivity index (χ1v) is 10.4. The molecule has 7 nitrogen and oxygen atoms in total. The van der Waals surface area contributed by atoms with Crippen LogP contribution in [0.1, 0.15) is 32.6 Å². The van der Waals surface area contributed by atoms with Gasteiger partial charge in [-0.15, -0.1) is 0 Å². The predicted octanol–water partition coefficient (Wildman–Crippen LogP) is 4.03. The highest BCUT2D eigenvalue weighted by Crippen LogP contribution is 2.20. The van der Waals surface area contributed by atoms with E-state index < -0.39 is 0 Å². The molecule has 2 amide bonds. The molecule has 1 saturated heterocycles. The van der Waals surface area contributed by atoms with Gasteiger partial charge < -0.3 is 25.4 Å². The molecule has 2 aromatic rings. The molecule has 0 aliphatic carbocycles. The fraction of sp³-hybridized carbons (Fsp3) is 0.391. The maximum atomic E-state index is 12.3. The number of carbonyl (C=O) groups excluding carboxylic acids is 2. The standard InChI is InChI=1S/C23H29N3O4/c1-2-6-22(27)25-18-8-3-7-17(13-18)24-15-23(28)26-19-9-4-10-20(14-19)30-16-21-11-5-12-29-21/h3-4,7-10,13-14,21,24H,2,5-6,11-12,15-16H2,1H3,(H,25,27)(H,26,28). The van der Waals surface area contributed by atoms with E-state index in [2.05, 4.69) is 16.0 Å². The molecule has 0 saturated carbocycles. The number of rotatable bonds is 10. The molecule has 3 N–H and O–H groups in total. The fourth-order valence-electron chi connectivity index (χ4n) is 3.17. The molecule has 1 aliphatic heterocycles. The lowest BCUT2D eigenvalue weighted by Crippen LogP contribution is -2.22. The molecule has 1 aliphatic rings. The van der Waals surface area contributed by atoms with E-state index in [0.29, 0.717) is 30.2 Å². The smallest absolute Gasteiger partial charge is 0.243 e. The number of benzene rings is 2. The van der Waals surface area contributed by atoms with Crippen molar-refractivity contribution in [2.45, 2.75) is 38.7 Å². The van der Waals surface area contributed by atoms with Gasteiger partial charge in [0.15, 0.2) is 0 Å². The van der Waals surface area contributed by atoms with E-state index in [1.165, 1.54) is 0 Å². The molecule has 1 fully saturated rings. The van der Waals surface area contributed by atoms with Gasteiger partial charge in [-0.3, -0.25) is 9.59 Å². The van der Waals surface area contributed by atoms with Gasteiger partial charge in [-0.1, -0.05) is 19.1 Å². The lowest BCUT2D eigenvalue weighted by molar-refractivity contribution is -0.116. The van der Waals surface area contributed by atoms with Crippen LogP contribution in [0, 0.1) is 0 Å². The summed E-state index contributed by atoms with van der Waals surface area (Å²) < 4.78 is 11.3. The largest absolute Gasteiger partial charge is 0.491 e. The van der Waals surface area contributed by atoms with Gasteiger partial charge in [-0.2, -0.15) is 0 Å². The van der Waals surface area contributed by atoms with Crippen molar-refractivity contribution in [3.05, 3.63) is 48.5 Å². The van der Waals surface area contributed by atoms with Crippen LogP contribution in [0.3, 0.4) is 0 Å². The van der Waals surface area contributed by atoms with Crippen LogP contribution >= 0.6 is 0 Å². The quantitative estimate of drug-likeness (QED) is 0.549. The van der Waals surface area contributed by atoms with Crippen molar-refractivity contribution in [3.63, 3.8) is 0 Å². The number of amides is 2. The average Bonchev–Trinajstić information content (AvgIpc) is 3.25. The number of hydrogen-bond donors (Lipinski definition) is 3. The van der Waals surface area contributed by atoms with Crippen LogP contribution in [0.5, 0.6) is 5.75 Å². The van der Waals surface area contributed by atoms with Crippen molar-refractivity contribution >= 4 is 28.9 Å². The van der Waals surface area contributed by atoms with Crippen LogP contribution in [-0.2, 0) is 14.3 Å². The first-order chi connectivity index (χ1) is 14.6. The monoisotopic (exact) mass is 411 g/mol. The Bertz CT molecular complexity index is 850. The summed E-state index contributed by atoms with van der Waals surface area (Å²) in [5, 5.41) is 8.78. The minimum Gasteiger partial charge on any atom is -0.491 e. The fourth-order valence-corrected chi connectivity index (χ4v) is 3.17. The summed E-state index contributed by atoms with van der Waals surface area (Å²) in [5.41, 5.74) is 2.13. The van der Waals surface area contributed by atoms with Crippen molar-refractivity contribution in [1.82, 2.24) is 0 Å². The molecule has 0 radical (unpaired) electrons. The summed E-state index contributed by atoms with van der Waals surface area (Å²) in [5.74, 6) is 0.507. The van der Waals surface area contributed by atoms with Crippen LogP contribution in [0.4, 0.5) is 17.1 Å². The summed E-state index contributed by atoms with van der Waals surface area (Å²) >= 11 is 0. The van der Waals surface area contributed by atoms with Gasteiger partial charge in [-0.05, 0) is 49.6 Å². The number of carbonyl (C=O) groups is 2. The van der Waals surface area contributed by atoms with Crippen LogP contribution in [-0.4, -0.2) is 37.7 Å². The number of nitrogens with one attached hydrogen (secondary N) is 3. The first kappa shape index (κ1) is 21.6. The Balaban J connectivity index is 1.46. The first-order valence-electron chi connectivity index (χ1n) is 10.4. The topological polar surface area (TPSA) is 88.7 Å². The molecule has 1 heterocycles. The lowest BCUT2D eigenvalue weighted by Gasteiger charge is -2.13. The van der Waals surface area contributed by atoms with Crippen molar-refractivity contribution in [1.29, 1.82) is 0 Å². The molecule has 1 atom stereocenters. The Morgan fingerprint density at radius 2 is 1.77 bits per heavy atom. The van der Waals surface area contributed by atoms with Gasteiger partial charge in [0.25, 0.3) is 0 Å². The van der Waals surface area contributed by atoms with E-state index in [0.717, 1.165) is 31.6 Å². The molecule has 0 spiro atoms. The van der Waals surface area contributed by atoms with Crippen molar-refractivity contribution in [3.8, 4) is 5.75 Å². The van der Waals surface area contributed by atoms with E-state index in [4.69, 9.17) is 9.47 Å². The maximum Gasteiger partial charge on any atom is 0.243 e. The lowest BCUT2D eigenvalue weighted by atomic mass is 10.2. The summed E-state index contributed by atoms with van der Waals surface area (Å²) in [7, 11) is 0. The van der Waals surface area contributed by atoms with Crippen LogP contribution in [0.25, 0.3) is 0 Å². The maximum absolute atomic E-state index is 12.3. The Kier molecular flexibility index (Phi) is 8.09. The van der Waals surface area contributed by atoms with Crippen LogP contribution in [0.2, 0.25) is 0 Å². The second-order valence-electron chi connectivity index (χ2n) is 7.25. The van der Waals surface area contributed by atoms with E-state index in [1.807, 2.05) is 43.3 Å². The van der Waals surface area contributed by atoms with E-state index >= 15 is 0 Å². The molecule has 1 unspecified atom stereocenters. The van der Waals surface area contributed by atoms with Gasteiger partial charge in [0.05, 0.1) is 12.6 Å². The van der Waals surface area contributed by atoms with Crippen LogP contribution < -0.4 is 20.7 Å². The zero-order chi connectivity index (χ0) is 21.2. The van der Waals surface area contributed by atoms with Gasteiger partial charge in [-0.25, -0.2) is 0 Å². The van der Waals surface area contributed by atoms with E-state index in [-0.39, 0.29) is 24.5 Å². The molecule has 0 bridgehead atoms. The van der Waals surface area contributed by atoms with E-state index in [1.54, 1.807) is 12.1 Å². The zero-order valence-electron chi connectivity index (χ0n) is 17.3. The molecular formula is C23H29N3O4. The minimum atomic E-state index is -0.174. The number of anilines is 3. The Morgan fingerprint density at radius 1 is 1.03 bits per heavy atom. The molecular weight excluding hydrogens is 382 g/mol. The summed E-state index contributed by atoms with van der Waals surface area (Å²) in [6, 6.07) is 14.6. The van der Waals surface area contributed by atoms with Gasteiger partial charge in [0.1, 0.15) is 12.4 Å². The van der Waals surface area contributed by atoms with E-state index in [9.17, 15) is 9.59 Å². The highest BCUT2D eigenvalue weighted by atomic mass is 16.5. The normalized spacial score (nSPS) is 15.4. The molecule has 160 valence electrons. The van der Waals surface area contributed by atoms with Crippen molar-refractivity contribution < 1.29 is 19.1 Å². The summed E-state index contributed by atoms with van der Waals surface area (Å²) in [6.45, 7) is 3.38. The minimum absolute atomic E-state index is 0.0195. The third-order valence-corrected chi connectivity index (χ3v) is 4.65. The Hall–Kier alpha value is -3.06. The molecule has 30 heavy (non-hydrogen) atoms. The number of hydrogen-bond acceptors (Lipinski definition) is 5. The second kappa shape index (κ2) is 11.2. The van der Waals surface area contributed by atoms with Gasteiger partial charge in [0, 0.05) is 36.2 Å². The molecule has 3 rings (SSSR count). The summed E-state index contributed by atoms with van der Waals surface area (Å²) in [4.78, 5) is 24.0. The Morgan fingerprint density at radius 3 is 2.53 bits per heavy atom.